The van der Waals surface area contributed by atoms with Crippen LogP contribution in [0.15, 0.2) is 36.4 Å². The quantitative estimate of drug-likeness (QED) is 0.837. The average molecular weight is 413 g/mol. The highest BCUT2D eigenvalue weighted by atomic mass is 32.2. The molecule has 28 heavy (non-hydrogen) atoms. The number of ether oxygens (including phenoxy) is 1. The van der Waals surface area contributed by atoms with Gasteiger partial charge in [0, 0.05) is 25.7 Å². The SMILES string of the molecule is O=S1(=O)N(CCC2CNCCO2)c2cc(F)ccc2N1c1c(F)cccc1F. The van der Waals surface area contributed by atoms with Crippen molar-refractivity contribution in [2.45, 2.75) is 12.5 Å². The minimum Gasteiger partial charge on any atom is -0.376 e. The van der Waals surface area contributed by atoms with Gasteiger partial charge < -0.3 is 10.1 Å². The van der Waals surface area contributed by atoms with Crippen LogP contribution in [0.4, 0.5) is 30.2 Å². The number of morpholine rings is 1. The zero-order chi connectivity index (χ0) is 19.9. The van der Waals surface area contributed by atoms with E-state index < -0.39 is 33.3 Å². The number of para-hydroxylation sites is 1. The third-order valence-corrected chi connectivity index (χ3v) is 6.51. The molecule has 1 N–H and O–H groups in total. The number of nitrogens with zero attached hydrogens (tertiary/aromatic N) is 2. The van der Waals surface area contributed by atoms with Crippen LogP contribution in [-0.2, 0) is 14.9 Å². The fraction of sp³-hybridized carbons (Fsp3) is 0.333. The summed E-state index contributed by atoms with van der Waals surface area (Å²) in [6.45, 7) is 1.77. The van der Waals surface area contributed by atoms with Crippen LogP contribution in [0.1, 0.15) is 6.42 Å². The fourth-order valence-corrected chi connectivity index (χ4v) is 5.17. The molecule has 10 heteroatoms. The molecule has 2 aromatic rings. The maximum Gasteiger partial charge on any atom is 0.331 e. The average Bonchev–Trinajstić information content (AvgIpc) is 2.87. The Bertz CT molecular complexity index is 977. The number of rotatable bonds is 4. The standard InChI is InChI=1S/C18H18F3N3O3S/c19-12-4-5-16-17(10-12)23(8-6-13-11-22-7-9-27-13)28(25,26)24(16)18-14(20)2-1-3-15(18)21/h1-5,10,13,22H,6-9,11H2. The molecule has 1 saturated heterocycles. The molecule has 0 spiro atoms. The Hall–Kier alpha value is -2.30. The molecule has 1 atom stereocenters. The van der Waals surface area contributed by atoms with Gasteiger partial charge in [0.2, 0.25) is 0 Å². The number of hydrogen-bond donors (Lipinski definition) is 1. The number of benzene rings is 2. The fourth-order valence-electron chi connectivity index (χ4n) is 3.44. The molecule has 6 nitrogen and oxygen atoms in total. The lowest BCUT2D eigenvalue weighted by Gasteiger charge is -2.27. The van der Waals surface area contributed by atoms with Crippen LogP contribution in [0, 0.1) is 17.5 Å². The molecule has 0 radical (unpaired) electrons. The second-order valence-electron chi connectivity index (χ2n) is 6.53. The van der Waals surface area contributed by atoms with Gasteiger partial charge in [-0.2, -0.15) is 8.42 Å². The molecule has 1 unspecified atom stereocenters. The molecular formula is C18H18F3N3O3S. The van der Waals surface area contributed by atoms with Crippen LogP contribution < -0.4 is 13.9 Å². The Morgan fingerprint density at radius 1 is 1.11 bits per heavy atom. The lowest BCUT2D eigenvalue weighted by Crippen LogP contribution is -2.42. The van der Waals surface area contributed by atoms with E-state index >= 15 is 0 Å². The van der Waals surface area contributed by atoms with Crippen molar-refractivity contribution >= 4 is 27.3 Å². The summed E-state index contributed by atoms with van der Waals surface area (Å²) in [6.07, 6.45) is 0.135. The van der Waals surface area contributed by atoms with Crippen LogP contribution in [-0.4, -0.2) is 40.8 Å². The normalized spacial score (nSPS) is 21.0. The summed E-state index contributed by atoms with van der Waals surface area (Å²) in [6, 6.07) is 6.40. The third kappa shape index (κ3) is 3.21. The van der Waals surface area contributed by atoms with Gasteiger partial charge in [0.1, 0.15) is 11.5 Å². The summed E-state index contributed by atoms with van der Waals surface area (Å²) < 4.78 is 76.0. The van der Waals surface area contributed by atoms with Crippen LogP contribution in [0.3, 0.4) is 0 Å². The van der Waals surface area contributed by atoms with Crippen molar-refractivity contribution in [2.75, 3.05) is 34.9 Å². The van der Waals surface area contributed by atoms with Crippen molar-refractivity contribution in [3.63, 3.8) is 0 Å². The minimum absolute atomic E-state index is 0.00640. The van der Waals surface area contributed by atoms with E-state index in [1.54, 1.807) is 0 Å². The smallest absolute Gasteiger partial charge is 0.331 e. The molecule has 0 amide bonds. The molecule has 0 aliphatic carbocycles. The first-order chi connectivity index (χ1) is 13.4. The minimum atomic E-state index is -4.36. The Morgan fingerprint density at radius 3 is 2.54 bits per heavy atom. The number of fused-ring (bicyclic) bond motifs is 1. The van der Waals surface area contributed by atoms with Crippen molar-refractivity contribution in [3.8, 4) is 0 Å². The summed E-state index contributed by atoms with van der Waals surface area (Å²) in [5.74, 6) is -2.70. The highest BCUT2D eigenvalue weighted by molar-refractivity contribution is 7.95. The van der Waals surface area contributed by atoms with Crippen LogP contribution in [0.5, 0.6) is 0 Å². The maximum atomic E-state index is 14.4. The van der Waals surface area contributed by atoms with Gasteiger partial charge in [-0.05, 0) is 30.7 Å². The molecule has 150 valence electrons. The number of hydrogen-bond acceptors (Lipinski definition) is 4. The number of halogens is 3. The zero-order valence-corrected chi connectivity index (χ0v) is 15.6. The van der Waals surface area contributed by atoms with E-state index in [-0.39, 0.29) is 24.0 Å². The summed E-state index contributed by atoms with van der Waals surface area (Å²) >= 11 is 0. The largest absolute Gasteiger partial charge is 0.376 e. The molecule has 0 bridgehead atoms. The highest BCUT2D eigenvalue weighted by Crippen LogP contribution is 2.47. The summed E-state index contributed by atoms with van der Waals surface area (Å²) in [5, 5.41) is 3.15. The summed E-state index contributed by atoms with van der Waals surface area (Å²) in [5.41, 5.74) is -0.687. The van der Waals surface area contributed by atoms with E-state index in [1.807, 2.05) is 0 Å². The van der Waals surface area contributed by atoms with Gasteiger partial charge >= 0.3 is 10.2 Å². The lowest BCUT2D eigenvalue weighted by molar-refractivity contribution is 0.0254. The van der Waals surface area contributed by atoms with Crippen molar-refractivity contribution in [3.05, 3.63) is 53.8 Å². The van der Waals surface area contributed by atoms with Gasteiger partial charge in [-0.1, -0.05) is 6.07 Å². The topological polar surface area (TPSA) is 61.9 Å². The van der Waals surface area contributed by atoms with Crippen LogP contribution >= 0.6 is 0 Å². The predicted octanol–water partition coefficient (Wildman–Crippen LogP) is 2.69. The second kappa shape index (κ2) is 7.26. The third-order valence-electron chi connectivity index (χ3n) is 4.73. The van der Waals surface area contributed by atoms with Crippen molar-refractivity contribution in [1.82, 2.24) is 5.32 Å². The van der Waals surface area contributed by atoms with E-state index in [4.69, 9.17) is 4.74 Å². The zero-order valence-electron chi connectivity index (χ0n) is 14.7. The second-order valence-corrected chi connectivity index (χ2v) is 8.23. The van der Waals surface area contributed by atoms with E-state index in [1.165, 1.54) is 6.07 Å². The van der Waals surface area contributed by atoms with E-state index in [9.17, 15) is 21.6 Å². The Kier molecular flexibility index (Phi) is 4.94. The van der Waals surface area contributed by atoms with Crippen LogP contribution in [0.25, 0.3) is 0 Å². The van der Waals surface area contributed by atoms with Gasteiger partial charge in [0.25, 0.3) is 0 Å². The molecule has 2 aliphatic rings. The van der Waals surface area contributed by atoms with Crippen molar-refractivity contribution in [2.24, 2.45) is 0 Å². The Balaban J connectivity index is 1.75. The van der Waals surface area contributed by atoms with Crippen molar-refractivity contribution in [1.29, 1.82) is 0 Å². The lowest BCUT2D eigenvalue weighted by atomic mass is 10.2. The molecule has 0 aromatic heterocycles. The predicted molar refractivity (Wildman–Crippen MR) is 98.4 cm³/mol. The highest BCUT2D eigenvalue weighted by Gasteiger charge is 2.43. The molecule has 4 rings (SSSR count). The Morgan fingerprint density at radius 2 is 1.86 bits per heavy atom. The maximum absolute atomic E-state index is 14.4. The van der Waals surface area contributed by atoms with Gasteiger partial charge in [-0.25, -0.2) is 17.5 Å². The summed E-state index contributed by atoms with van der Waals surface area (Å²) in [4.78, 5) is 0. The first-order valence-corrected chi connectivity index (χ1v) is 10.2. The van der Waals surface area contributed by atoms with E-state index in [2.05, 4.69) is 5.32 Å². The van der Waals surface area contributed by atoms with Gasteiger partial charge in [0.15, 0.2) is 11.6 Å². The van der Waals surface area contributed by atoms with Gasteiger partial charge in [0.05, 0.1) is 24.1 Å². The first-order valence-electron chi connectivity index (χ1n) is 8.78. The molecule has 1 fully saturated rings. The molecule has 0 saturated carbocycles. The van der Waals surface area contributed by atoms with Crippen LogP contribution in [0.2, 0.25) is 0 Å². The Labute approximate surface area is 160 Å². The van der Waals surface area contributed by atoms with E-state index in [0.29, 0.717) is 30.4 Å². The van der Waals surface area contributed by atoms with Gasteiger partial charge in [-0.15, -0.1) is 0 Å². The molecule has 2 heterocycles. The van der Waals surface area contributed by atoms with Gasteiger partial charge in [-0.3, -0.25) is 4.31 Å². The monoisotopic (exact) mass is 413 g/mol. The molecular weight excluding hydrogens is 395 g/mol. The molecule has 2 aromatic carbocycles. The summed E-state index contributed by atoms with van der Waals surface area (Å²) in [7, 11) is -4.36. The first kappa shape index (κ1) is 19.0. The molecule has 2 aliphatic heterocycles. The number of anilines is 3. The van der Waals surface area contributed by atoms with E-state index in [0.717, 1.165) is 34.6 Å². The van der Waals surface area contributed by atoms with Crippen molar-refractivity contribution < 1.29 is 26.3 Å². The number of nitrogens with one attached hydrogen (secondary N) is 1.